The van der Waals surface area contributed by atoms with Crippen molar-refractivity contribution in [3.8, 4) is 22.6 Å². The van der Waals surface area contributed by atoms with Crippen LogP contribution in [-0.2, 0) is 11.2 Å². The van der Waals surface area contributed by atoms with Gasteiger partial charge in [-0.1, -0.05) is 42.5 Å². The van der Waals surface area contributed by atoms with Gasteiger partial charge < -0.3 is 24.4 Å². The molecular formula is C34H35N3O6. The number of carbonyl (C=O) groups excluding carboxylic acids is 2. The van der Waals surface area contributed by atoms with Crippen molar-refractivity contribution >= 4 is 23.5 Å². The van der Waals surface area contributed by atoms with Crippen LogP contribution in [0.3, 0.4) is 0 Å². The number of aliphatic carboxylic acids is 1. The lowest BCUT2D eigenvalue weighted by molar-refractivity contribution is -0.137. The molecule has 4 rings (SSSR count). The van der Waals surface area contributed by atoms with Gasteiger partial charge in [-0.3, -0.25) is 19.4 Å². The number of hydrogen-bond donors (Lipinski definition) is 1. The highest BCUT2D eigenvalue weighted by Crippen LogP contribution is 2.31. The van der Waals surface area contributed by atoms with Crippen LogP contribution >= 0.6 is 0 Å². The standard InChI is InChI=1S/C34H35N3O6/c1-4-43-31-22-24(15-16-30(31)42-3)17-20-37(21-18-32(38)39)34(41)29-14-8-6-12-27(29)26-11-5-7-13-28(26)33(40)36(2)25-10-9-19-35-23-25/h5-16,19,22-23H,4,17-18,20-21H2,1-3H3,(H,38,39). The first-order chi connectivity index (χ1) is 20.8. The van der Waals surface area contributed by atoms with E-state index in [4.69, 9.17) is 9.47 Å². The molecule has 0 unspecified atom stereocenters. The Morgan fingerprint density at radius 3 is 2.12 bits per heavy atom. The van der Waals surface area contributed by atoms with E-state index in [2.05, 4.69) is 4.98 Å². The number of pyridine rings is 1. The Kier molecular flexibility index (Phi) is 10.5. The minimum Gasteiger partial charge on any atom is -0.493 e. The zero-order chi connectivity index (χ0) is 30.8. The zero-order valence-electron chi connectivity index (χ0n) is 24.5. The van der Waals surface area contributed by atoms with E-state index < -0.39 is 5.97 Å². The van der Waals surface area contributed by atoms with E-state index in [9.17, 15) is 19.5 Å². The van der Waals surface area contributed by atoms with E-state index in [0.717, 1.165) is 5.56 Å². The lowest BCUT2D eigenvalue weighted by atomic mass is 9.94. The molecule has 9 nitrogen and oxygen atoms in total. The molecule has 1 aromatic heterocycles. The Hall–Kier alpha value is -5.18. The van der Waals surface area contributed by atoms with Crippen LogP contribution in [0.4, 0.5) is 5.69 Å². The van der Waals surface area contributed by atoms with Crippen LogP contribution in [0.25, 0.3) is 11.1 Å². The lowest BCUT2D eigenvalue weighted by Crippen LogP contribution is -2.35. The monoisotopic (exact) mass is 581 g/mol. The summed E-state index contributed by atoms with van der Waals surface area (Å²) in [6, 6.07) is 23.4. The molecule has 0 fully saturated rings. The number of hydrogen-bond acceptors (Lipinski definition) is 6. The number of amides is 2. The van der Waals surface area contributed by atoms with Gasteiger partial charge in [-0.25, -0.2) is 0 Å². The molecule has 3 aromatic carbocycles. The topological polar surface area (TPSA) is 109 Å². The Morgan fingerprint density at radius 1 is 0.837 bits per heavy atom. The molecule has 0 radical (unpaired) electrons. The van der Waals surface area contributed by atoms with Crippen molar-refractivity contribution in [1.82, 2.24) is 9.88 Å². The van der Waals surface area contributed by atoms with E-state index in [1.165, 1.54) is 4.90 Å². The largest absolute Gasteiger partial charge is 0.493 e. The fraction of sp³-hybridized carbons (Fsp3) is 0.235. The predicted molar refractivity (Wildman–Crippen MR) is 165 cm³/mol. The number of rotatable bonds is 13. The number of nitrogens with zero attached hydrogens (tertiary/aromatic N) is 3. The first-order valence-corrected chi connectivity index (χ1v) is 14.0. The van der Waals surface area contributed by atoms with Crippen LogP contribution in [0.1, 0.15) is 39.6 Å². The third-order valence-electron chi connectivity index (χ3n) is 7.02. The molecule has 0 aliphatic heterocycles. The van der Waals surface area contributed by atoms with Gasteiger partial charge in [0.25, 0.3) is 11.8 Å². The van der Waals surface area contributed by atoms with Gasteiger partial charge in [0, 0.05) is 37.5 Å². The average Bonchev–Trinajstić information content (AvgIpc) is 3.04. The van der Waals surface area contributed by atoms with Crippen LogP contribution in [0, 0.1) is 0 Å². The number of ether oxygens (including phenoxy) is 2. The van der Waals surface area contributed by atoms with Crippen molar-refractivity contribution in [2.45, 2.75) is 19.8 Å². The van der Waals surface area contributed by atoms with Crippen molar-refractivity contribution < 1.29 is 29.0 Å². The van der Waals surface area contributed by atoms with E-state index in [0.29, 0.717) is 52.5 Å². The molecule has 222 valence electrons. The summed E-state index contributed by atoms with van der Waals surface area (Å²) in [7, 11) is 3.25. The van der Waals surface area contributed by atoms with E-state index in [1.54, 1.807) is 73.9 Å². The number of methoxy groups -OCH3 is 1. The molecule has 9 heteroatoms. The first kappa shape index (κ1) is 30.8. The molecule has 0 saturated carbocycles. The maximum Gasteiger partial charge on any atom is 0.305 e. The first-order valence-electron chi connectivity index (χ1n) is 14.0. The van der Waals surface area contributed by atoms with Crippen LogP contribution < -0.4 is 14.4 Å². The summed E-state index contributed by atoms with van der Waals surface area (Å²) in [4.78, 5) is 46.4. The molecule has 0 bridgehead atoms. The fourth-order valence-corrected chi connectivity index (χ4v) is 4.78. The van der Waals surface area contributed by atoms with Crippen LogP contribution in [-0.4, -0.2) is 66.6 Å². The molecule has 0 saturated heterocycles. The smallest absolute Gasteiger partial charge is 0.305 e. The Bertz CT molecular complexity index is 1570. The minimum atomic E-state index is -0.997. The molecule has 0 aliphatic carbocycles. The summed E-state index contributed by atoms with van der Waals surface area (Å²) < 4.78 is 11.1. The third kappa shape index (κ3) is 7.56. The highest BCUT2D eigenvalue weighted by atomic mass is 16.5. The Balaban J connectivity index is 1.65. The van der Waals surface area contributed by atoms with Gasteiger partial charge in [0.2, 0.25) is 0 Å². The second kappa shape index (κ2) is 14.6. The number of anilines is 1. The van der Waals surface area contributed by atoms with Gasteiger partial charge in [0.05, 0.1) is 32.0 Å². The highest BCUT2D eigenvalue weighted by molar-refractivity contribution is 6.11. The van der Waals surface area contributed by atoms with Gasteiger partial charge in [0.1, 0.15) is 0 Å². The van der Waals surface area contributed by atoms with Crippen LogP contribution in [0.2, 0.25) is 0 Å². The summed E-state index contributed by atoms with van der Waals surface area (Å²) in [6.07, 6.45) is 3.52. The average molecular weight is 582 g/mol. The Labute approximate surface area is 251 Å². The van der Waals surface area contributed by atoms with E-state index in [-0.39, 0.29) is 31.3 Å². The van der Waals surface area contributed by atoms with Gasteiger partial charge in [0.15, 0.2) is 11.5 Å². The summed E-state index contributed by atoms with van der Waals surface area (Å²) >= 11 is 0. The van der Waals surface area contributed by atoms with Gasteiger partial charge in [-0.2, -0.15) is 0 Å². The summed E-state index contributed by atoms with van der Waals surface area (Å²) in [5.41, 5.74) is 3.54. The maximum atomic E-state index is 14.1. The van der Waals surface area contributed by atoms with Crippen molar-refractivity contribution in [2.24, 2.45) is 0 Å². The van der Waals surface area contributed by atoms with Gasteiger partial charge >= 0.3 is 5.97 Å². The van der Waals surface area contributed by atoms with E-state index >= 15 is 0 Å². The van der Waals surface area contributed by atoms with Crippen LogP contribution in [0.5, 0.6) is 11.5 Å². The highest BCUT2D eigenvalue weighted by Gasteiger charge is 2.24. The fourth-order valence-electron chi connectivity index (χ4n) is 4.78. The quantitative estimate of drug-likeness (QED) is 0.219. The van der Waals surface area contributed by atoms with Gasteiger partial charge in [-0.15, -0.1) is 0 Å². The summed E-state index contributed by atoms with van der Waals surface area (Å²) in [5, 5.41) is 9.41. The molecule has 1 N–H and O–H groups in total. The number of carbonyl (C=O) groups is 3. The second-order valence-corrected chi connectivity index (χ2v) is 9.77. The maximum absolute atomic E-state index is 14.1. The molecule has 2 amide bonds. The molecule has 4 aromatic rings. The van der Waals surface area contributed by atoms with Crippen molar-refractivity contribution in [1.29, 1.82) is 0 Å². The second-order valence-electron chi connectivity index (χ2n) is 9.77. The number of carboxylic acid groups (broad SMARTS) is 1. The van der Waals surface area contributed by atoms with Crippen LogP contribution in [0.15, 0.2) is 91.3 Å². The van der Waals surface area contributed by atoms with Crippen molar-refractivity contribution in [3.63, 3.8) is 0 Å². The van der Waals surface area contributed by atoms with Crippen molar-refractivity contribution in [3.05, 3.63) is 108 Å². The molecule has 0 atom stereocenters. The predicted octanol–water partition coefficient (Wildman–Crippen LogP) is 5.59. The number of benzene rings is 3. The summed E-state index contributed by atoms with van der Waals surface area (Å²) in [5.74, 6) is -0.352. The van der Waals surface area contributed by atoms with Crippen molar-refractivity contribution in [2.75, 3.05) is 38.8 Å². The summed E-state index contributed by atoms with van der Waals surface area (Å²) in [6.45, 7) is 2.67. The number of carboxylic acids is 1. The van der Waals surface area contributed by atoms with E-state index in [1.807, 2.05) is 43.3 Å². The molecule has 0 aliphatic rings. The molecular weight excluding hydrogens is 546 g/mol. The lowest BCUT2D eigenvalue weighted by Gasteiger charge is -2.24. The Morgan fingerprint density at radius 2 is 1.51 bits per heavy atom. The zero-order valence-corrected chi connectivity index (χ0v) is 24.5. The van der Waals surface area contributed by atoms with Gasteiger partial charge in [-0.05, 0) is 66.4 Å². The SMILES string of the molecule is CCOc1cc(CCN(CCC(=O)O)C(=O)c2ccccc2-c2ccccc2C(=O)N(C)c2cccnc2)ccc1OC. The molecule has 0 spiro atoms. The third-order valence-corrected chi connectivity index (χ3v) is 7.02. The normalized spacial score (nSPS) is 10.6. The molecule has 43 heavy (non-hydrogen) atoms. The number of aromatic nitrogens is 1. The minimum absolute atomic E-state index is 0.0291. The molecule has 1 heterocycles.